The summed E-state index contributed by atoms with van der Waals surface area (Å²) in [7, 11) is 0. The summed E-state index contributed by atoms with van der Waals surface area (Å²) in [4.78, 5) is 19.0. The summed E-state index contributed by atoms with van der Waals surface area (Å²) in [5.74, 6) is 0.574. The van der Waals surface area contributed by atoms with Gasteiger partial charge in [-0.25, -0.2) is 0 Å². The number of hydrogen-bond acceptors (Lipinski definition) is 4. The van der Waals surface area contributed by atoms with Crippen molar-refractivity contribution in [2.75, 3.05) is 16.8 Å². The number of thiocarbonyl (C=S) groups is 1. The van der Waals surface area contributed by atoms with E-state index in [1.165, 1.54) is 0 Å². The predicted molar refractivity (Wildman–Crippen MR) is 160 cm³/mol. The maximum atomic E-state index is 12.3. The van der Waals surface area contributed by atoms with E-state index in [4.69, 9.17) is 28.6 Å². The molecule has 9 heteroatoms. The monoisotopic (exact) mass is 559 g/mol. The first-order valence-electron chi connectivity index (χ1n) is 12.9. The Bertz CT molecular complexity index is 1470. The topological polar surface area (TPSA) is 71.4 Å². The number of amides is 1. The van der Waals surface area contributed by atoms with Crippen molar-refractivity contribution in [2.24, 2.45) is 5.92 Å². The summed E-state index contributed by atoms with van der Waals surface area (Å²) in [6.07, 6.45) is 3.83. The first-order valence-corrected chi connectivity index (χ1v) is 13.7. The van der Waals surface area contributed by atoms with E-state index >= 15 is 0 Å². The molecule has 0 saturated carbocycles. The van der Waals surface area contributed by atoms with E-state index in [2.05, 4.69) is 31.2 Å². The predicted octanol–water partition coefficient (Wildman–Crippen LogP) is 6.70. The second kappa shape index (κ2) is 11.5. The lowest BCUT2D eigenvalue weighted by atomic mass is 10.0. The number of carbonyl (C=O) groups excluding carboxylic acids is 1. The molecule has 200 valence electrons. The highest BCUT2D eigenvalue weighted by Crippen LogP contribution is 2.43. The number of ether oxygens (including phenoxy) is 1. The van der Waals surface area contributed by atoms with Crippen molar-refractivity contribution in [1.82, 2.24) is 14.9 Å². The Kier molecular flexibility index (Phi) is 7.86. The van der Waals surface area contributed by atoms with Gasteiger partial charge in [-0.3, -0.25) is 9.78 Å². The number of aromatic nitrogens is 2. The van der Waals surface area contributed by atoms with Gasteiger partial charge >= 0.3 is 0 Å². The van der Waals surface area contributed by atoms with Gasteiger partial charge in [0.25, 0.3) is 0 Å². The second-order valence-corrected chi connectivity index (χ2v) is 10.3. The fraction of sp³-hybridized carbons (Fsp3) is 0.233. The molecule has 7 nitrogen and oxygen atoms in total. The van der Waals surface area contributed by atoms with E-state index in [9.17, 15) is 4.79 Å². The molecule has 1 aliphatic heterocycles. The van der Waals surface area contributed by atoms with E-state index in [0.29, 0.717) is 22.4 Å². The molecule has 2 aromatic carbocycles. The molecule has 0 aliphatic carbocycles. The third kappa shape index (κ3) is 5.48. The maximum Gasteiger partial charge on any atom is 0.226 e. The lowest BCUT2D eigenvalue weighted by Gasteiger charge is -2.29. The standard InChI is InChI=1S/C30H30ClN5O2S/c1-4-38-22-13-10-20(11-14-22)35-17-7-9-26(35)28-27(25-8-5-6-16-32-25)34-30(39)36(28)21-12-15-24(23(31)18-21)33-29(37)19(2)3/h5-19,27-28H,4H2,1-3H3,(H,33,37)(H,34,39)/t27-,28+/m0/s1. The van der Waals surface area contributed by atoms with Crippen molar-refractivity contribution in [3.8, 4) is 11.4 Å². The molecule has 0 unspecified atom stereocenters. The molecule has 2 atom stereocenters. The zero-order valence-corrected chi connectivity index (χ0v) is 23.5. The Labute approximate surface area is 238 Å². The molecule has 4 aromatic rings. The van der Waals surface area contributed by atoms with Gasteiger partial charge in [0, 0.05) is 35.4 Å². The number of benzene rings is 2. The van der Waals surface area contributed by atoms with Crippen LogP contribution < -0.4 is 20.3 Å². The van der Waals surface area contributed by atoms with Crippen LogP contribution >= 0.6 is 23.8 Å². The Morgan fingerprint density at radius 3 is 2.54 bits per heavy atom. The number of nitrogens with one attached hydrogen (secondary N) is 2. The molecule has 1 fully saturated rings. The molecule has 5 rings (SSSR count). The second-order valence-electron chi connectivity index (χ2n) is 9.53. The van der Waals surface area contributed by atoms with E-state index in [1.807, 2.05) is 93.7 Å². The highest BCUT2D eigenvalue weighted by Gasteiger charge is 2.42. The van der Waals surface area contributed by atoms with Gasteiger partial charge in [-0.05, 0) is 85.9 Å². The van der Waals surface area contributed by atoms with Crippen LogP contribution in [0.4, 0.5) is 11.4 Å². The lowest BCUT2D eigenvalue weighted by molar-refractivity contribution is -0.118. The number of anilines is 2. The summed E-state index contributed by atoms with van der Waals surface area (Å²) < 4.78 is 7.79. The lowest BCUT2D eigenvalue weighted by Crippen LogP contribution is -2.30. The van der Waals surface area contributed by atoms with Gasteiger partial charge in [-0.2, -0.15) is 0 Å². The van der Waals surface area contributed by atoms with E-state index in [-0.39, 0.29) is 23.9 Å². The summed E-state index contributed by atoms with van der Waals surface area (Å²) in [6.45, 7) is 6.27. The average Bonchev–Trinajstić information content (AvgIpc) is 3.55. The van der Waals surface area contributed by atoms with Crippen molar-refractivity contribution in [3.05, 3.63) is 102 Å². The molecular formula is C30H30ClN5O2S. The van der Waals surface area contributed by atoms with Crippen LogP contribution in [0.25, 0.3) is 5.69 Å². The third-order valence-corrected chi connectivity index (χ3v) is 7.25. The minimum absolute atomic E-state index is 0.0933. The molecule has 1 amide bonds. The van der Waals surface area contributed by atoms with Crippen LogP contribution in [-0.2, 0) is 4.79 Å². The van der Waals surface area contributed by atoms with Gasteiger partial charge < -0.3 is 24.8 Å². The molecule has 39 heavy (non-hydrogen) atoms. The maximum absolute atomic E-state index is 12.3. The summed E-state index contributed by atoms with van der Waals surface area (Å²) in [5.41, 5.74) is 4.27. The molecule has 1 aliphatic rings. The van der Waals surface area contributed by atoms with Gasteiger partial charge in [0.2, 0.25) is 5.91 Å². The first-order chi connectivity index (χ1) is 18.9. The molecular weight excluding hydrogens is 530 g/mol. The van der Waals surface area contributed by atoms with Crippen LogP contribution in [0.5, 0.6) is 5.75 Å². The molecule has 2 N–H and O–H groups in total. The van der Waals surface area contributed by atoms with Crippen molar-refractivity contribution in [1.29, 1.82) is 0 Å². The van der Waals surface area contributed by atoms with Gasteiger partial charge in [-0.15, -0.1) is 0 Å². The Morgan fingerprint density at radius 1 is 1.10 bits per heavy atom. The van der Waals surface area contributed by atoms with E-state index in [1.54, 1.807) is 6.20 Å². The SMILES string of the molecule is CCOc1ccc(-n2cccc2[C@@H]2[C@H](c3ccccn3)NC(=S)N2c2ccc(NC(=O)C(C)C)c(Cl)c2)cc1. The van der Waals surface area contributed by atoms with Crippen molar-refractivity contribution < 1.29 is 9.53 Å². The van der Waals surface area contributed by atoms with Gasteiger partial charge in [0.1, 0.15) is 11.8 Å². The summed E-state index contributed by atoms with van der Waals surface area (Å²) >= 11 is 12.5. The van der Waals surface area contributed by atoms with Crippen LogP contribution in [0.15, 0.2) is 85.2 Å². The average molecular weight is 560 g/mol. The third-order valence-electron chi connectivity index (χ3n) is 6.62. The van der Waals surface area contributed by atoms with Crippen molar-refractivity contribution in [2.45, 2.75) is 32.9 Å². The number of pyridine rings is 1. The molecule has 0 radical (unpaired) electrons. The first kappa shape index (κ1) is 26.7. The number of hydrogen-bond donors (Lipinski definition) is 2. The molecule has 1 saturated heterocycles. The van der Waals surface area contributed by atoms with Crippen LogP contribution in [0.1, 0.15) is 44.2 Å². The van der Waals surface area contributed by atoms with Crippen LogP contribution in [-0.4, -0.2) is 27.2 Å². The number of halogens is 1. The number of nitrogens with zero attached hydrogens (tertiary/aromatic N) is 3. The van der Waals surface area contributed by atoms with Crippen LogP contribution in [0, 0.1) is 5.92 Å². The fourth-order valence-electron chi connectivity index (χ4n) is 4.71. The van der Waals surface area contributed by atoms with Gasteiger partial charge in [-0.1, -0.05) is 31.5 Å². The van der Waals surface area contributed by atoms with Crippen molar-refractivity contribution in [3.63, 3.8) is 0 Å². The quantitative estimate of drug-likeness (QED) is 0.234. The smallest absolute Gasteiger partial charge is 0.226 e. The summed E-state index contributed by atoms with van der Waals surface area (Å²) in [5, 5.41) is 7.38. The normalized spacial score (nSPS) is 16.8. The Balaban J connectivity index is 1.57. The van der Waals surface area contributed by atoms with Crippen LogP contribution in [0.2, 0.25) is 5.02 Å². The molecule has 0 spiro atoms. The largest absolute Gasteiger partial charge is 0.494 e. The van der Waals surface area contributed by atoms with Gasteiger partial charge in [0.05, 0.1) is 29.1 Å². The van der Waals surface area contributed by atoms with Crippen molar-refractivity contribution >= 4 is 46.2 Å². The molecule has 3 heterocycles. The highest BCUT2D eigenvalue weighted by atomic mass is 35.5. The fourth-order valence-corrected chi connectivity index (χ4v) is 5.27. The summed E-state index contributed by atoms with van der Waals surface area (Å²) in [6, 6.07) is 23.1. The van der Waals surface area contributed by atoms with Crippen LogP contribution in [0.3, 0.4) is 0 Å². The van der Waals surface area contributed by atoms with Gasteiger partial charge in [0.15, 0.2) is 5.11 Å². The highest BCUT2D eigenvalue weighted by molar-refractivity contribution is 7.80. The number of carbonyl (C=O) groups is 1. The molecule has 2 aromatic heterocycles. The van der Waals surface area contributed by atoms with E-state index in [0.717, 1.165) is 28.5 Å². The minimum Gasteiger partial charge on any atom is -0.494 e. The Morgan fingerprint density at radius 2 is 1.87 bits per heavy atom. The Hall–Kier alpha value is -3.88. The van der Waals surface area contributed by atoms with E-state index < -0.39 is 0 Å². The number of rotatable bonds is 8. The minimum atomic E-state index is -0.235. The molecule has 0 bridgehead atoms. The zero-order valence-electron chi connectivity index (χ0n) is 22.0. The zero-order chi connectivity index (χ0) is 27.5.